The highest BCUT2D eigenvalue weighted by Crippen LogP contribution is 2.12. The molecular weight excluding hydrogens is 226 g/mol. The van der Waals surface area contributed by atoms with Crippen molar-refractivity contribution in [2.45, 2.75) is 12.8 Å². The highest BCUT2D eigenvalue weighted by molar-refractivity contribution is 5.46. The van der Waals surface area contributed by atoms with Gasteiger partial charge in [-0.25, -0.2) is 4.89 Å². The van der Waals surface area contributed by atoms with Gasteiger partial charge in [0.15, 0.2) is 6.23 Å². The van der Waals surface area contributed by atoms with Crippen molar-refractivity contribution in [3.63, 3.8) is 0 Å². The summed E-state index contributed by atoms with van der Waals surface area (Å²) in [7, 11) is 1.48. The lowest BCUT2D eigenvalue weighted by Crippen LogP contribution is -2.35. The van der Waals surface area contributed by atoms with Crippen LogP contribution in [0.25, 0.3) is 0 Å². The second-order valence-corrected chi connectivity index (χ2v) is 3.24. The van der Waals surface area contributed by atoms with E-state index in [4.69, 9.17) is 14.7 Å². The van der Waals surface area contributed by atoms with Gasteiger partial charge in [-0.15, -0.1) is 0 Å². The Labute approximate surface area is 99.0 Å². The van der Waals surface area contributed by atoms with Gasteiger partial charge in [0.05, 0.1) is 0 Å². The Hall–Kier alpha value is -1.63. The van der Waals surface area contributed by atoms with Crippen LogP contribution in [-0.2, 0) is 21.0 Å². The molecule has 0 aliphatic heterocycles. The Morgan fingerprint density at radius 2 is 2.12 bits per heavy atom. The second-order valence-electron chi connectivity index (χ2n) is 3.24. The maximum absolute atomic E-state index is 10.2. The van der Waals surface area contributed by atoms with Crippen molar-refractivity contribution in [1.82, 2.24) is 5.32 Å². The molecule has 6 heteroatoms. The van der Waals surface area contributed by atoms with Crippen LogP contribution in [-0.4, -0.2) is 31.6 Å². The lowest BCUT2D eigenvalue weighted by molar-refractivity contribution is -0.253. The Kier molecular flexibility index (Phi) is 6.02. The fraction of sp³-hybridized carbons (Fsp3) is 0.364. The summed E-state index contributed by atoms with van der Waals surface area (Å²) in [5.41, 5.74) is 0.828. The van der Waals surface area contributed by atoms with Crippen LogP contribution >= 0.6 is 0 Å². The first-order valence-electron chi connectivity index (χ1n) is 5.00. The van der Waals surface area contributed by atoms with Crippen molar-refractivity contribution in [3.05, 3.63) is 29.8 Å². The number of nitrogens with one attached hydrogen (secondary N) is 1. The number of methoxy groups -OCH3 is 1. The number of amides is 1. The van der Waals surface area contributed by atoms with Gasteiger partial charge in [0, 0.05) is 7.11 Å². The van der Waals surface area contributed by atoms with Crippen molar-refractivity contribution in [2.75, 3.05) is 13.7 Å². The summed E-state index contributed by atoms with van der Waals surface area (Å²) in [6.45, 7) is 0.346. The average Bonchev–Trinajstić information content (AvgIpc) is 2.36. The third-order valence-electron chi connectivity index (χ3n) is 2.09. The van der Waals surface area contributed by atoms with Crippen molar-refractivity contribution < 1.29 is 24.4 Å². The monoisotopic (exact) mass is 241 g/mol. The molecule has 0 radical (unpaired) electrons. The zero-order chi connectivity index (χ0) is 12.5. The van der Waals surface area contributed by atoms with Crippen molar-refractivity contribution in [1.29, 1.82) is 0 Å². The molecule has 1 amide bonds. The smallest absolute Gasteiger partial charge is 0.209 e. The van der Waals surface area contributed by atoms with E-state index < -0.39 is 6.23 Å². The molecule has 1 atom stereocenters. The first kappa shape index (κ1) is 13.4. The van der Waals surface area contributed by atoms with E-state index in [1.54, 1.807) is 24.3 Å². The first-order chi connectivity index (χ1) is 8.30. The normalized spacial score (nSPS) is 11.9. The molecule has 2 N–H and O–H groups in total. The molecule has 0 bridgehead atoms. The number of carbonyl (C=O) groups excluding carboxylic acids is 1. The minimum absolute atomic E-state index is 0.133. The summed E-state index contributed by atoms with van der Waals surface area (Å²) in [6, 6.07) is 7.00. The highest BCUT2D eigenvalue weighted by atomic mass is 17.1. The minimum atomic E-state index is -0.479. The third-order valence-corrected chi connectivity index (χ3v) is 2.09. The fourth-order valence-corrected chi connectivity index (χ4v) is 1.19. The van der Waals surface area contributed by atoms with Gasteiger partial charge in [-0.2, -0.15) is 0 Å². The van der Waals surface area contributed by atoms with Gasteiger partial charge in [0.2, 0.25) is 6.41 Å². The Morgan fingerprint density at radius 3 is 2.65 bits per heavy atom. The molecule has 1 unspecified atom stereocenters. The third kappa shape index (κ3) is 4.81. The van der Waals surface area contributed by atoms with Gasteiger partial charge in [-0.1, -0.05) is 12.1 Å². The second kappa shape index (κ2) is 7.61. The lowest BCUT2D eigenvalue weighted by atomic mass is 10.2. The van der Waals surface area contributed by atoms with E-state index in [0.717, 1.165) is 5.56 Å². The van der Waals surface area contributed by atoms with Crippen LogP contribution in [0.2, 0.25) is 0 Å². The quantitative estimate of drug-likeness (QED) is 0.304. The number of rotatable bonds is 8. The van der Waals surface area contributed by atoms with Crippen LogP contribution in [0.1, 0.15) is 5.56 Å². The van der Waals surface area contributed by atoms with E-state index in [2.05, 4.69) is 10.2 Å². The molecule has 1 aromatic carbocycles. The zero-order valence-electron chi connectivity index (χ0n) is 9.46. The molecule has 0 spiro atoms. The topological polar surface area (TPSA) is 77.0 Å². The van der Waals surface area contributed by atoms with Gasteiger partial charge in [-0.05, 0) is 17.7 Å². The molecule has 0 saturated carbocycles. The van der Waals surface area contributed by atoms with Crippen molar-refractivity contribution >= 4 is 6.41 Å². The molecule has 0 aliphatic carbocycles. The van der Waals surface area contributed by atoms with Crippen LogP contribution in [0.3, 0.4) is 0 Å². The number of hydrogen-bond acceptors (Lipinski definition) is 5. The SMILES string of the molecule is COC(COc1ccc(COO)cc1)NC=O. The molecule has 0 saturated heterocycles. The van der Waals surface area contributed by atoms with Crippen molar-refractivity contribution in [3.8, 4) is 5.75 Å². The van der Waals surface area contributed by atoms with Crippen LogP contribution in [0, 0.1) is 0 Å². The summed E-state index contributed by atoms with van der Waals surface area (Å²) >= 11 is 0. The van der Waals surface area contributed by atoms with Crippen LogP contribution in [0.5, 0.6) is 5.75 Å². The summed E-state index contributed by atoms with van der Waals surface area (Å²) in [5, 5.41) is 10.7. The molecular formula is C11H15NO5. The Bertz CT molecular complexity index is 327. The Morgan fingerprint density at radius 1 is 1.41 bits per heavy atom. The maximum Gasteiger partial charge on any atom is 0.209 e. The van der Waals surface area contributed by atoms with E-state index in [1.165, 1.54) is 7.11 Å². The molecule has 1 aromatic rings. The largest absolute Gasteiger partial charge is 0.489 e. The number of benzene rings is 1. The van der Waals surface area contributed by atoms with Gasteiger partial charge in [0.1, 0.15) is 19.0 Å². The summed E-state index contributed by atoms with van der Waals surface area (Å²) in [5.74, 6) is 0.640. The predicted molar refractivity (Wildman–Crippen MR) is 59.4 cm³/mol. The number of hydrogen-bond donors (Lipinski definition) is 2. The molecule has 17 heavy (non-hydrogen) atoms. The summed E-state index contributed by atoms with van der Waals surface area (Å²) in [6.07, 6.45) is 0.0760. The zero-order valence-corrected chi connectivity index (χ0v) is 9.46. The molecule has 0 heterocycles. The number of carbonyl (C=O) groups is 1. The molecule has 6 nitrogen and oxygen atoms in total. The molecule has 1 rings (SSSR count). The predicted octanol–water partition coefficient (Wildman–Crippen LogP) is 0.773. The highest BCUT2D eigenvalue weighted by Gasteiger charge is 2.05. The van der Waals surface area contributed by atoms with Gasteiger partial charge in [0.25, 0.3) is 0 Å². The first-order valence-corrected chi connectivity index (χ1v) is 5.00. The maximum atomic E-state index is 10.2. The lowest BCUT2D eigenvalue weighted by Gasteiger charge is -2.15. The van der Waals surface area contributed by atoms with Gasteiger partial charge >= 0.3 is 0 Å². The fourth-order valence-electron chi connectivity index (χ4n) is 1.19. The van der Waals surface area contributed by atoms with Crippen LogP contribution in [0.4, 0.5) is 0 Å². The van der Waals surface area contributed by atoms with E-state index >= 15 is 0 Å². The van der Waals surface area contributed by atoms with E-state index in [9.17, 15) is 4.79 Å². The van der Waals surface area contributed by atoms with Gasteiger partial charge < -0.3 is 14.8 Å². The van der Waals surface area contributed by atoms with E-state index in [0.29, 0.717) is 12.2 Å². The van der Waals surface area contributed by atoms with Crippen molar-refractivity contribution in [2.24, 2.45) is 0 Å². The van der Waals surface area contributed by atoms with Gasteiger partial charge in [-0.3, -0.25) is 10.1 Å². The molecule has 94 valence electrons. The standard InChI is InChI=1S/C11H15NO5/c1-15-11(12-8-13)7-16-10-4-2-9(3-5-10)6-17-14/h2-5,8,11,14H,6-7H2,1H3,(H,12,13). The summed E-state index contributed by atoms with van der Waals surface area (Å²) < 4.78 is 10.3. The average molecular weight is 241 g/mol. The molecule has 0 fully saturated rings. The number of ether oxygens (including phenoxy) is 2. The Balaban J connectivity index is 2.42. The van der Waals surface area contributed by atoms with E-state index in [-0.39, 0.29) is 13.2 Å². The molecule has 0 aliphatic rings. The van der Waals surface area contributed by atoms with Crippen LogP contribution < -0.4 is 10.1 Å². The van der Waals surface area contributed by atoms with Crippen LogP contribution in [0.15, 0.2) is 24.3 Å². The minimum Gasteiger partial charge on any atom is -0.489 e. The molecule has 0 aromatic heterocycles. The van der Waals surface area contributed by atoms with E-state index in [1.807, 2.05) is 0 Å². The summed E-state index contributed by atoms with van der Waals surface area (Å²) in [4.78, 5) is 14.2.